The normalized spacial score (nSPS) is 11.3. The number of nitrogens with two attached hydrogens (primary N) is 1. The minimum atomic E-state index is -0.818. The van der Waals surface area contributed by atoms with Crippen molar-refractivity contribution in [3.8, 4) is 6.07 Å². The Morgan fingerprint density at radius 3 is 2.35 bits per heavy atom. The molecule has 0 aliphatic carbocycles. The zero-order valence-corrected chi connectivity index (χ0v) is 13.3. The number of methoxy groups -OCH3 is 1. The Balaban J connectivity index is 2.93. The molecule has 0 spiro atoms. The highest BCUT2D eigenvalue weighted by atomic mass is 16.5. The molecule has 8 heteroatoms. The summed E-state index contributed by atoms with van der Waals surface area (Å²) in [6, 6.07) is 1.66. The first-order chi connectivity index (χ1) is 10.7. The van der Waals surface area contributed by atoms with Crippen LogP contribution in [0, 0.1) is 25.2 Å². The lowest BCUT2D eigenvalue weighted by Gasteiger charge is -2.04. The number of Topliss-reactive ketones (excluding diaryl/α,β-unsaturated/α-hetero) is 1. The van der Waals surface area contributed by atoms with Gasteiger partial charge in [0.15, 0.2) is 6.61 Å². The first kappa shape index (κ1) is 18.0. The summed E-state index contributed by atoms with van der Waals surface area (Å²) in [4.78, 5) is 38.2. The van der Waals surface area contributed by atoms with Crippen LogP contribution in [-0.2, 0) is 14.3 Å². The molecule has 8 nitrogen and oxygen atoms in total. The van der Waals surface area contributed by atoms with Crippen molar-refractivity contribution < 1.29 is 23.9 Å². The maximum Gasteiger partial charge on any atom is 0.355 e. The van der Waals surface area contributed by atoms with Crippen LogP contribution >= 0.6 is 0 Å². The molecule has 122 valence electrons. The third-order valence-electron chi connectivity index (χ3n) is 3.15. The van der Waals surface area contributed by atoms with Crippen LogP contribution in [0.1, 0.15) is 39.0 Å². The van der Waals surface area contributed by atoms with Gasteiger partial charge in [0.05, 0.1) is 12.7 Å². The SMILES string of the molecule is COC(=O)c1c(C)[nH]c(C(=O)OCC(=O)C(C#N)=C(C)N)c1C. The summed E-state index contributed by atoms with van der Waals surface area (Å²) in [5, 5.41) is 8.81. The molecule has 0 fully saturated rings. The molecule has 23 heavy (non-hydrogen) atoms. The van der Waals surface area contributed by atoms with Gasteiger partial charge >= 0.3 is 11.9 Å². The number of aromatic amines is 1. The van der Waals surface area contributed by atoms with Crippen molar-refractivity contribution in [1.82, 2.24) is 4.98 Å². The first-order valence-corrected chi connectivity index (χ1v) is 6.58. The van der Waals surface area contributed by atoms with E-state index in [0.717, 1.165) is 0 Å². The Morgan fingerprint density at radius 1 is 1.26 bits per heavy atom. The van der Waals surface area contributed by atoms with Gasteiger partial charge in [0.1, 0.15) is 17.3 Å². The van der Waals surface area contributed by atoms with Crippen LogP contribution in [0.15, 0.2) is 11.3 Å². The van der Waals surface area contributed by atoms with Crippen molar-refractivity contribution in [2.24, 2.45) is 5.73 Å². The predicted octanol–water partition coefficient (Wildman–Crippen LogP) is 0.900. The lowest BCUT2D eigenvalue weighted by atomic mass is 10.1. The van der Waals surface area contributed by atoms with E-state index in [0.29, 0.717) is 11.3 Å². The number of ether oxygens (including phenoxy) is 2. The van der Waals surface area contributed by atoms with E-state index in [1.54, 1.807) is 19.9 Å². The summed E-state index contributed by atoms with van der Waals surface area (Å²) >= 11 is 0. The van der Waals surface area contributed by atoms with Gasteiger partial charge in [0.25, 0.3) is 0 Å². The van der Waals surface area contributed by atoms with Crippen LogP contribution in [0.25, 0.3) is 0 Å². The van der Waals surface area contributed by atoms with E-state index in [1.807, 2.05) is 0 Å². The van der Waals surface area contributed by atoms with Gasteiger partial charge in [-0.1, -0.05) is 0 Å². The van der Waals surface area contributed by atoms with E-state index >= 15 is 0 Å². The number of allylic oxidation sites excluding steroid dienone is 1. The van der Waals surface area contributed by atoms with Gasteiger partial charge < -0.3 is 20.2 Å². The summed E-state index contributed by atoms with van der Waals surface area (Å²) in [7, 11) is 1.23. The minimum absolute atomic E-state index is 0.0441. The standard InChI is InChI=1S/C15H17N3O5/c1-7-12(14(20)22-4)9(3)18-13(7)15(21)23-6-11(19)10(5-16)8(2)17/h18H,6,17H2,1-4H3. The fourth-order valence-corrected chi connectivity index (χ4v) is 2.01. The van der Waals surface area contributed by atoms with E-state index in [-0.39, 0.29) is 22.5 Å². The number of carbonyl (C=O) groups is 3. The number of esters is 2. The predicted molar refractivity (Wildman–Crippen MR) is 79.4 cm³/mol. The zero-order valence-electron chi connectivity index (χ0n) is 13.3. The molecule has 1 aromatic rings. The molecule has 0 atom stereocenters. The van der Waals surface area contributed by atoms with E-state index < -0.39 is 24.3 Å². The molecule has 3 N–H and O–H groups in total. The number of aryl methyl sites for hydroxylation is 1. The maximum absolute atomic E-state index is 12.0. The monoisotopic (exact) mass is 319 g/mol. The number of hydrogen-bond donors (Lipinski definition) is 2. The quantitative estimate of drug-likeness (QED) is 0.467. The number of nitrogens with one attached hydrogen (secondary N) is 1. The molecule has 0 unspecified atom stereocenters. The van der Waals surface area contributed by atoms with Crippen molar-refractivity contribution in [2.45, 2.75) is 20.8 Å². The lowest BCUT2D eigenvalue weighted by Crippen LogP contribution is -2.18. The molecule has 1 rings (SSSR count). The molecule has 0 aromatic carbocycles. The van der Waals surface area contributed by atoms with Crippen LogP contribution < -0.4 is 5.73 Å². The maximum atomic E-state index is 12.0. The topological polar surface area (TPSA) is 135 Å². The second-order valence-corrected chi connectivity index (χ2v) is 4.79. The molecular weight excluding hydrogens is 302 g/mol. The van der Waals surface area contributed by atoms with Crippen LogP contribution in [0.4, 0.5) is 0 Å². The Bertz CT molecular complexity index is 733. The third-order valence-corrected chi connectivity index (χ3v) is 3.15. The number of H-pyrrole nitrogens is 1. The lowest BCUT2D eigenvalue weighted by molar-refractivity contribution is -0.118. The highest BCUT2D eigenvalue weighted by Crippen LogP contribution is 2.19. The second-order valence-electron chi connectivity index (χ2n) is 4.79. The van der Waals surface area contributed by atoms with Gasteiger partial charge in [0, 0.05) is 11.4 Å². The smallest absolute Gasteiger partial charge is 0.355 e. The largest absolute Gasteiger partial charge is 0.465 e. The summed E-state index contributed by atoms with van der Waals surface area (Å²) in [6.07, 6.45) is 0. The van der Waals surface area contributed by atoms with Gasteiger partial charge in [-0.05, 0) is 26.3 Å². The average molecular weight is 319 g/mol. The van der Waals surface area contributed by atoms with Crippen molar-refractivity contribution in [3.05, 3.63) is 33.8 Å². The molecule has 0 saturated carbocycles. The summed E-state index contributed by atoms with van der Waals surface area (Å²) in [5.41, 5.74) is 6.28. The Kier molecular flexibility index (Phi) is 5.68. The summed E-state index contributed by atoms with van der Waals surface area (Å²) in [6.45, 7) is 3.94. The van der Waals surface area contributed by atoms with Crippen LogP contribution in [0.5, 0.6) is 0 Å². The van der Waals surface area contributed by atoms with Gasteiger partial charge in [-0.25, -0.2) is 9.59 Å². The van der Waals surface area contributed by atoms with Crippen molar-refractivity contribution in [1.29, 1.82) is 5.26 Å². The van der Waals surface area contributed by atoms with Gasteiger partial charge in [-0.3, -0.25) is 4.79 Å². The van der Waals surface area contributed by atoms with Gasteiger partial charge in [-0.2, -0.15) is 5.26 Å². The molecule has 0 bridgehead atoms. The van der Waals surface area contributed by atoms with E-state index in [4.69, 9.17) is 15.7 Å². The van der Waals surface area contributed by atoms with E-state index in [1.165, 1.54) is 14.0 Å². The van der Waals surface area contributed by atoms with E-state index in [9.17, 15) is 14.4 Å². The van der Waals surface area contributed by atoms with Crippen molar-refractivity contribution in [2.75, 3.05) is 13.7 Å². The van der Waals surface area contributed by atoms with Crippen LogP contribution in [0.2, 0.25) is 0 Å². The summed E-state index contributed by atoms with van der Waals surface area (Å²) in [5.74, 6) is -2.10. The Labute approximate surface area is 132 Å². The average Bonchev–Trinajstić information content (AvgIpc) is 2.79. The number of rotatable bonds is 5. The van der Waals surface area contributed by atoms with Crippen LogP contribution in [-0.4, -0.2) is 36.4 Å². The highest BCUT2D eigenvalue weighted by molar-refractivity contribution is 6.03. The number of carbonyl (C=O) groups excluding carboxylic acids is 3. The molecule has 0 amide bonds. The fraction of sp³-hybridized carbons (Fsp3) is 0.333. The third kappa shape index (κ3) is 3.77. The minimum Gasteiger partial charge on any atom is -0.465 e. The molecule has 0 aliphatic heterocycles. The first-order valence-electron chi connectivity index (χ1n) is 6.58. The van der Waals surface area contributed by atoms with Crippen molar-refractivity contribution in [3.63, 3.8) is 0 Å². The second kappa shape index (κ2) is 7.26. The molecule has 1 heterocycles. The van der Waals surface area contributed by atoms with Crippen LogP contribution in [0.3, 0.4) is 0 Å². The number of nitrogens with zero attached hydrogens (tertiary/aromatic N) is 1. The highest BCUT2D eigenvalue weighted by Gasteiger charge is 2.24. The molecular formula is C15H17N3O5. The molecule has 0 radical (unpaired) electrons. The number of nitriles is 1. The number of aromatic nitrogens is 1. The Hall–Kier alpha value is -3.08. The Morgan fingerprint density at radius 2 is 1.87 bits per heavy atom. The molecule has 0 aliphatic rings. The van der Waals surface area contributed by atoms with Gasteiger partial charge in [0.2, 0.25) is 5.78 Å². The molecule has 1 aromatic heterocycles. The fourth-order valence-electron chi connectivity index (χ4n) is 2.01. The number of ketones is 1. The van der Waals surface area contributed by atoms with Gasteiger partial charge in [-0.15, -0.1) is 0 Å². The number of hydrogen-bond acceptors (Lipinski definition) is 7. The zero-order chi connectivity index (χ0) is 17.7. The summed E-state index contributed by atoms with van der Waals surface area (Å²) < 4.78 is 9.51. The van der Waals surface area contributed by atoms with Crippen molar-refractivity contribution >= 4 is 17.7 Å². The molecule has 0 saturated heterocycles. The van der Waals surface area contributed by atoms with E-state index in [2.05, 4.69) is 9.72 Å².